The molecule has 3 heterocycles. The van der Waals surface area contributed by atoms with Gasteiger partial charge in [0, 0.05) is 30.5 Å². The number of nitrogens with one attached hydrogen (secondary N) is 1. The third kappa shape index (κ3) is 2.20. The summed E-state index contributed by atoms with van der Waals surface area (Å²) in [5.41, 5.74) is 0.914. The second-order valence-corrected chi connectivity index (χ2v) is 5.48. The first-order valence-electron chi connectivity index (χ1n) is 6.60. The number of rotatable bonds is 4. The lowest BCUT2D eigenvalue weighted by atomic mass is 10.2. The molecule has 4 nitrogen and oxygen atoms in total. The van der Waals surface area contributed by atoms with Gasteiger partial charge in [-0.05, 0) is 30.7 Å². The van der Waals surface area contributed by atoms with Crippen LogP contribution in [0.2, 0.25) is 0 Å². The second kappa shape index (κ2) is 5.46. The van der Waals surface area contributed by atoms with E-state index in [9.17, 15) is 4.79 Å². The molecule has 3 aromatic rings. The average Bonchev–Trinajstić information content (AvgIpc) is 3.10. The van der Waals surface area contributed by atoms with E-state index in [1.165, 1.54) is 11.3 Å². The second-order valence-electron chi connectivity index (χ2n) is 4.48. The summed E-state index contributed by atoms with van der Waals surface area (Å²) in [5, 5.41) is 3.95. The molecule has 5 heteroatoms. The third-order valence-corrected chi connectivity index (χ3v) is 4.15. The van der Waals surface area contributed by atoms with Gasteiger partial charge in [0.25, 0.3) is 5.91 Å². The number of hydrogen-bond acceptors (Lipinski definition) is 3. The quantitative estimate of drug-likeness (QED) is 0.800. The van der Waals surface area contributed by atoms with E-state index in [1.54, 1.807) is 6.20 Å². The van der Waals surface area contributed by atoms with E-state index in [1.807, 2.05) is 48.1 Å². The first kappa shape index (κ1) is 12.9. The molecule has 0 aliphatic heterocycles. The number of fused-ring (bicyclic) bond motifs is 1. The van der Waals surface area contributed by atoms with Gasteiger partial charge in [0.1, 0.15) is 9.71 Å². The zero-order chi connectivity index (χ0) is 13.9. The van der Waals surface area contributed by atoms with Crippen molar-refractivity contribution in [2.45, 2.75) is 13.3 Å². The number of hydrogen-bond donors (Lipinski definition) is 1. The lowest BCUT2D eigenvalue weighted by Gasteiger charge is -2.06. The summed E-state index contributed by atoms with van der Waals surface area (Å²) < 4.78 is 1.97. The van der Waals surface area contributed by atoms with E-state index in [2.05, 4.69) is 10.3 Å². The predicted molar refractivity (Wildman–Crippen MR) is 81.6 cm³/mol. The fourth-order valence-corrected chi connectivity index (χ4v) is 3.19. The smallest absolute Gasteiger partial charge is 0.263 e. The van der Waals surface area contributed by atoms with Crippen LogP contribution < -0.4 is 5.32 Å². The van der Waals surface area contributed by atoms with Crippen LogP contribution in [-0.2, 0) is 0 Å². The highest BCUT2D eigenvalue weighted by molar-refractivity contribution is 7.21. The van der Waals surface area contributed by atoms with Crippen LogP contribution in [-0.4, -0.2) is 22.0 Å². The summed E-state index contributed by atoms with van der Waals surface area (Å²) in [4.78, 5) is 18.3. The molecule has 0 aromatic carbocycles. The van der Waals surface area contributed by atoms with Crippen molar-refractivity contribution < 1.29 is 4.79 Å². The maximum atomic E-state index is 12.3. The van der Waals surface area contributed by atoms with E-state index in [-0.39, 0.29) is 5.91 Å². The summed E-state index contributed by atoms with van der Waals surface area (Å²) in [6, 6.07) is 7.81. The van der Waals surface area contributed by atoms with Gasteiger partial charge < -0.3 is 9.88 Å². The van der Waals surface area contributed by atoms with Crippen LogP contribution in [0.3, 0.4) is 0 Å². The van der Waals surface area contributed by atoms with Crippen LogP contribution in [0.4, 0.5) is 0 Å². The van der Waals surface area contributed by atoms with Gasteiger partial charge in [0.15, 0.2) is 0 Å². The van der Waals surface area contributed by atoms with Gasteiger partial charge >= 0.3 is 0 Å². The fraction of sp³-hybridized carbons (Fsp3) is 0.200. The van der Waals surface area contributed by atoms with Crippen molar-refractivity contribution >= 4 is 27.5 Å². The van der Waals surface area contributed by atoms with Crippen molar-refractivity contribution in [1.82, 2.24) is 14.9 Å². The van der Waals surface area contributed by atoms with Crippen molar-refractivity contribution in [3.63, 3.8) is 0 Å². The Morgan fingerprint density at radius 3 is 2.90 bits per heavy atom. The van der Waals surface area contributed by atoms with Crippen LogP contribution in [0.1, 0.15) is 23.0 Å². The van der Waals surface area contributed by atoms with Gasteiger partial charge in [-0.3, -0.25) is 4.79 Å². The van der Waals surface area contributed by atoms with Crippen LogP contribution in [0.5, 0.6) is 0 Å². The number of nitrogens with zero attached hydrogens (tertiary/aromatic N) is 2. The summed E-state index contributed by atoms with van der Waals surface area (Å²) >= 11 is 1.44. The Morgan fingerprint density at radius 2 is 2.15 bits per heavy atom. The molecule has 0 radical (unpaired) electrons. The fourth-order valence-electron chi connectivity index (χ4n) is 2.13. The molecule has 3 rings (SSSR count). The van der Waals surface area contributed by atoms with Gasteiger partial charge in [0.05, 0.1) is 5.69 Å². The minimum Gasteiger partial charge on any atom is -0.351 e. The van der Waals surface area contributed by atoms with E-state index < -0.39 is 0 Å². The Morgan fingerprint density at radius 1 is 1.35 bits per heavy atom. The number of carbonyl (C=O) groups excluding carboxylic acids is 1. The highest BCUT2D eigenvalue weighted by Crippen LogP contribution is 2.32. The lowest BCUT2D eigenvalue weighted by Crippen LogP contribution is -2.24. The van der Waals surface area contributed by atoms with E-state index in [0.717, 1.165) is 22.3 Å². The van der Waals surface area contributed by atoms with Crippen molar-refractivity contribution in [2.24, 2.45) is 0 Å². The Bertz CT molecular complexity index is 731. The molecule has 1 N–H and O–H groups in total. The zero-order valence-corrected chi connectivity index (χ0v) is 12.0. The molecule has 0 aliphatic carbocycles. The highest BCUT2D eigenvalue weighted by atomic mass is 32.1. The van der Waals surface area contributed by atoms with Crippen molar-refractivity contribution in [3.8, 4) is 5.69 Å². The molecule has 0 unspecified atom stereocenters. The molecule has 0 bridgehead atoms. The van der Waals surface area contributed by atoms with Gasteiger partial charge in [-0.2, -0.15) is 0 Å². The minimum atomic E-state index is -0.0291. The molecule has 1 amide bonds. The first-order chi connectivity index (χ1) is 9.81. The number of aromatic nitrogens is 2. The minimum absolute atomic E-state index is 0.0291. The molecule has 0 saturated heterocycles. The average molecular weight is 285 g/mol. The Kier molecular flexibility index (Phi) is 3.52. The summed E-state index contributed by atoms with van der Waals surface area (Å²) in [5.74, 6) is -0.0291. The highest BCUT2D eigenvalue weighted by Gasteiger charge is 2.19. The van der Waals surface area contributed by atoms with E-state index in [0.29, 0.717) is 11.4 Å². The van der Waals surface area contributed by atoms with Crippen molar-refractivity contribution in [2.75, 3.05) is 6.54 Å². The van der Waals surface area contributed by atoms with Crippen LogP contribution >= 0.6 is 11.3 Å². The molecule has 0 saturated carbocycles. The standard InChI is InChI=1S/C15H15N3OS/c1-2-7-16-14(19)13-12(18-9-3-4-10-18)11-6-5-8-17-15(11)20-13/h3-6,8-10H,2,7H2,1H3,(H,16,19). The van der Waals surface area contributed by atoms with Gasteiger partial charge in [0.2, 0.25) is 0 Å². The van der Waals surface area contributed by atoms with Crippen LogP contribution in [0.25, 0.3) is 15.9 Å². The molecular formula is C15H15N3OS. The maximum absolute atomic E-state index is 12.3. The Labute approximate surface area is 121 Å². The van der Waals surface area contributed by atoms with E-state index >= 15 is 0 Å². The largest absolute Gasteiger partial charge is 0.351 e. The molecule has 0 atom stereocenters. The molecule has 0 aliphatic rings. The summed E-state index contributed by atoms with van der Waals surface area (Å²) in [6.45, 7) is 2.73. The summed E-state index contributed by atoms with van der Waals surface area (Å²) in [7, 11) is 0. The van der Waals surface area contributed by atoms with Gasteiger partial charge in [-0.25, -0.2) is 4.98 Å². The van der Waals surface area contributed by atoms with Crippen LogP contribution in [0.15, 0.2) is 42.9 Å². The summed E-state index contributed by atoms with van der Waals surface area (Å²) in [6.07, 6.45) is 6.58. The van der Waals surface area contributed by atoms with Crippen LogP contribution in [0, 0.1) is 0 Å². The van der Waals surface area contributed by atoms with Crippen molar-refractivity contribution in [1.29, 1.82) is 0 Å². The Balaban J connectivity index is 2.16. The Hall–Kier alpha value is -2.14. The normalized spacial score (nSPS) is 10.8. The molecule has 20 heavy (non-hydrogen) atoms. The number of pyridine rings is 1. The topological polar surface area (TPSA) is 46.9 Å². The monoisotopic (exact) mass is 285 g/mol. The molecule has 0 spiro atoms. The number of amides is 1. The molecular weight excluding hydrogens is 270 g/mol. The maximum Gasteiger partial charge on any atom is 0.263 e. The predicted octanol–water partition coefficient (Wildman–Crippen LogP) is 3.23. The SMILES string of the molecule is CCCNC(=O)c1sc2ncccc2c1-n1cccc1. The number of carbonyl (C=O) groups is 1. The van der Waals surface area contributed by atoms with E-state index in [4.69, 9.17) is 0 Å². The first-order valence-corrected chi connectivity index (χ1v) is 7.42. The molecule has 0 fully saturated rings. The molecule has 3 aromatic heterocycles. The lowest BCUT2D eigenvalue weighted by molar-refractivity contribution is 0.0958. The molecule has 102 valence electrons. The van der Waals surface area contributed by atoms with Crippen molar-refractivity contribution in [3.05, 3.63) is 47.7 Å². The van der Waals surface area contributed by atoms with Gasteiger partial charge in [-0.15, -0.1) is 11.3 Å². The number of thiophene rings is 1. The van der Waals surface area contributed by atoms with Gasteiger partial charge in [-0.1, -0.05) is 6.92 Å². The third-order valence-electron chi connectivity index (χ3n) is 3.04. The zero-order valence-electron chi connectivity index (χ0n) is 11.2.